The zero-order chi connectivity index (χ0) is 14.4. The minimum atomic E-state index is 0.439. The van der Waals surface area contributed by atoms with Crippen LogP contribution in [0.3, 0.4) is 0 Å². The molecule has 7 heteroatoms. The highest BCUT2D eigenvalue weighted by molar-refractivity contribution is 9.10. The molecule has 20 heavy (non-hydrogen) atoms. The Labute approximate surface area is 133 Å². The SMILES string of the molecule is Cc1c(Cl)nn2c(-c3cc(Cl)ccc3Br)nnc2c1C. The second-order valence-electron chi connectivity index (χ2n) is 4.42. The molecular formula is C13H9BrCl2N4. The highest BCUT2D eigenvalue weighted by Crippen LogP contribution is 2.31. The van der Waals surface area contributed by atoms with Gasteiger partial charge in [-0.3, -0.25) is 0 Å². The van der Waals surface area contributed by atoms with Crippen LogP contribution < -0.4 is 0 Å². The molecule has 0 spiro atoms. The monoisotopic (exact) mass is 370 g/mol. The van der Waals surface area contributed by atoms with E-state index < -0.39 is 0 Å². The molecule has 0 radical (unpaired) electrons. The van der Waals surface area contributed by atoms with E-state index in [-0.39, 0.29) is 0 Å². The Balaban J connectivity index is 2.36. The predicted molar refractivity (Wildman–Crippen MR) is 83.4 cm³/mol. The minimum absolute atomic E-state index is 0.439. The maximum absolute atomic E-state index is 6.16. The van der Waals surface area contributed by atoms with Gasteiger partial charge in [-0.15, -0.1) is 10.2 Å². The molecule has 1 aromatic carbocycles. The first-order valence-electron chi connectivity index (χ1n) is 5.82. The van der Waals surface area contributed by atoms with Crippen molar-refractivity contribution in [2.75, 3.05) is 0 Å². The van der Waals surface area contributed by atoms with Crippen LogP contribution in [0.5, 0.6) is 0 Å². The van der Waals surface area contributed by atoms with Crippen LogP contribution in [0.2, 0.25) is 10.2 Å². The Bertz CT molecular complexity index is 829. The number of hydrogen-bond acceptors (Lipinski definition) is 3. The van der Waals surface area contributed by atoms with Crippen molar-refractivity contribution in [1.82, 2.24) is 19.8 Å². The second-order valence-corrected chi connectivity index (χ2v) is 6.07. The molecule has 2 heterocycles. The first-order valence-corrected chi connectivity index (χ1v) is 7.37. The van der Waals surface area contributed by atoms with Crippen LogP contribution in [-0.4, -0.2) is 19.8 Å². The third kappa shape index (κ3) is 2.10. The van der Waals surface area contributed by atoms with Crippen LogP contribution in [-0.2, 0) is 0 Å². The van der Waals surface area contributed by atoms with Crippen molar-refractivity contribution in [3.8, 4) is 11.4 Å². The molecular weight excluding hydrogens is 363 g/mol. The molecule has 2 aromatic heterocycles. The fourth-order valence-corrected chi connectivity index (χ4v) is 2.74. The lowest BCUT2D eigenvalue weighted by molar-refractivity contribution is 0.918. The van der Waals surface area contributed by atoms with Gasteiger partial charge in [-0.25, -0.2) is 0 Å². The summed E-state index contributed by atoms with van der Waals surface area (Å²) in [5.41, 5.74) is 3.37. The largest absolute Gasteiger partial charge is 0.191 e. The van der Waals surface area contributed by atoms with Gasteiger partial charge < -0.3 is 0 Å². The molecule has 0 aliphatic carbocycles. The van der Waals surface area contributed by atoms with Crippen LogP contribution in [0.4, 0.5) is 0 Å². The van der Waals surface area contributed by atoms with Gasteiger partial charge in [0, 0.05) is 20.6 Å². The first-order chi connectivity index (χ1) is 9.49. The maximum atomic E-state index is 6.16. The smallest absolute Gasteiger partial charge is 0.186 e. The number of aromatic nitrogens is 4. The molecule has 0 saturated carbocycles. The van der Waals surface area contributed by atoms with Crippen molar-refractivity contribution in [3.05, 3.63) is 44.0 Å². The lowest BCUT2D eigenvalue weighted by atomic mass is 10.2. The molecule has 0 unspecified atom stereocenters. The summed E-state index contributed by atoms with van der Waals surface area (Å²) in [6.45, 7) is 3.86. The highest BCUT2D eigenvalue weighted by Gasteiger charge is 2.16. The number of fused-ring (bicyclic) bond motifs is 1. The van der Waals surface area contributed by atoms with Gasteiger partial charge in [-0.05, 0) is 37.6 Å². The van der Waals surface area contributed by atoms with Crippen molar-refractivity contribution in [3.63, 3.8) is 0 Å². The Morgan fingerprint density at radius 1 is 1.10 bits per heavy atom. The molecule has 0 atom stereocenters. The summed E-state index contributed by atoms with van der Waals surface area (Å²) in [5, 5.41) is 13.8. The van der Waals surface area contributed by atoms with Crippen LogP contribution in [0.15, 0.2) is 22.7 Å². The van der Waals surface area contributed by atoms with Gasteiger partial charge in [-0.2, -0.15) is 9.61 Å². The Hall–Kier alpha value is -1.17. The lowest BCUT2D eigenvalue weighted by Gasteiger charge is -2.06. The van der Waals surface area contributed by atoms with Crippen molar-refractivity contribution < 1.29 is 0 Å². The molecule has 102 valence electrons. The third-order valence-electron chi connectivity index (χ3n) is 3.21. The number of aryl methyl sites for hydroxylation is 1. The number of rotatable bonds is 1. The van der Waals surface area contributed by atoms with E-state index in [0.29, 0.717) is 21.6 Å². The summed E-state index contributed by atoms with van der Waals surface area (Å²) < 4.78 is 2.51. The summed E-state index contributed by atoms with van der Waals surface area (Å²) in [5.74, 6) is 0.597. The second kappa shape index (κ2) is 4.98. The summed E-state index contributed by atoms with van der Waals surface area (Å²) >= 11 is 15.7. The fraction of sp³-hybridized carbons (Fsp3) is 0.154. The average Bonchev–Trinajstić information content (AvgIpc) is 2.82. The van der Waals surface area contributed by atoms with E-state index in [9.17, 15) is 0 Å². The predicted octanol–water partition coefficient (Wildman–Crippen LogP) is 4.48. The van der Waals surface area contributed by atoms with Crippen LogP contribution in [0.25, 0.3) is 17.0 Å². The molecule has 0 fully saturated rings. The molecule has 4 nitrogen and oxygen atoms in total. The van der Waals surface area contributed by atoms with E-state index in [1.54, 1.807) is 10.6 Å². The summed E-state index contributed by atoms with van der Waals surface area (Å²) in [6, 6.07) is 5.47. The molecule has 0 saturated heterocycles. The molecule has 0 aliphatic rings. The van der Waals surface area contributed by atoms with E-state index in [1.807, 2.05) is 26.0 Å². The standard InChI is InChI=1S/C13H9BrCl2N4/c1-6-7(2)12-17-18-13(20(12)19-11(6)16)9-5-8(15)3-4-10(9)14/h3-5H,1-2H3. The van der Waals surface area contributed by atoms with Crippen molar-refractivity contribution in [2.24, 2.45) is 0 Å². The van der Waals surface area contributed by atoms with Gasteiger partial charge in [0.05, 0.1) is 0 Å². The van der Waals surface area contributed by atoms with Gasteiger partial charge in [-0.1, -0.05) is 39.1 Å². The number of benzene rings is 1. The first kappa shape index (κ1) is 13.8. The topological polar surface area (TPSA) is 43.1 Å². The van der Waals surface area contributed by atoms with Gasteiger partial charge >= 0.3 is 0 Å². The quantitative estimate of drug-likeness (QED) is 0.633. The molecule has 0 bridgehead atoms. The van der Waals surface area contributed by atoms with E-state index >= 15 is 0 Å². The van der Waals surface area contributed by atoms with Gasteiger partial charge in [0.1, 0.15) is 0 Å². The van der Waals surface area contributed by atoms with E-state index in [4.69, 9.17) is 23.2 Å². The van der Waals surface area contributed by atoms with Gasteiger partial charge in [0.2, 0.25) is 0 Å². The van der Waals surface area contributed by atoms with Crippen LogP contribution in [0, 0.1) is 13.8 Å². The molecule has 0 aliphatic heterocycles. The van der Waals surface area contributed by atoms with Gasteiger partial charge in [0.15, 0.2) is 16.6 Å². The highest BCUT2D eigenvalue weighted by atomic mass is 79.9. The average molecular weight is 372 g/mol. The van der Waals surface area contributed by atoms with Crippen molar-refractivity contribution in [1.29, 1.82) is 0 Å². The molecule has 0 amide bonds. The Morgan fingerprint density at radius 3 is 2.60 bits per heavy atom. The number of nitrogens with zero attached hydrogens (tertiary/aromatic N) is 4. The van der Waals surface area contributed by atoms with Crippen molar-refractivity contribution >= 4 is 44.8 Å². The lowest BCUT2D eigenvalue weighted by Crippen LogP contribution is -2.00. The van der Waals surface area contributed by atoms with E-state index in [2.05, 4.69) is 31.2 Å². The normalized spacial score (nSPS) is 11.2. The molecule has 0 N–H and O–H groups in total. The van der Waals surface area contributed by atoms with Gasteiger partial charge in [0.25, 0.3) is 0 Å². The van der Waals surface area contributed by atoms with Crippen LogP contribution in [0.1, 0.15) is 11.1 Å². The van der Waals surface area contributed by atoms with E-state index in [0.717, 1.165) is 21.2 Å². The zero-order valence-electron chi connectivity index (χ0n) is 10.7. The zero-order valence-corrected chi connectivity index (χ0v) is 13.8. The molecule has 3 aromatic rings. The maximum Gasteiger partial charge on any atom is 0.186 e. The third-order valence-corrected chi connectivity index (χ3v) is 4.49. The Morgan fingerprint density at radius 2 is 1.85 bits per heavy atom. The van der Waals surface area contributed by atoms with Crippen molar-refractivity contribution in [2.45, 2.75) is 13.8 Å². The molecule has 3 rings (SSSR count). The number of halogens is 3. The summed E-state index contributed by atoms with van der Waals surface area (Å²) in [7, 11) is 0. The van der Waals surface area contributed by atoms with Crippen LogP contribution >= 0.6 is 39.1 Å². The summed E-state index contributed by atoms with van der Waals surface area (Å²) in [4.78, 5) is 0. The Kier molecular flexibility index (Phi) is 3.44. The minimum Gasteiger partial charge on any atom is -0.191 e. The fourth-order valence-electron chi connectivity index (χ4n) is 1.93. The summed E-state index contributed by atoms with van der Waals surface area (Å²) in [6.07, 6.45) is 0. The number of hydrogen-bond donors (Lipinski definition) is 0. The van der Waals surface area contributed by atoms with E-state index in [1.165, 1.54) is 0 Å².